The predicted octanol–water partition coefficient (Wildman–Crippen LogP) is 3.97. The summed E-state index contributed by atoms with van der Waals surface area (Å²) < 4.78 is 5.80. The molecule has 0 aliphatic heterocycles. The molecule has 1 aromatic rings. The van der Waals surface area contributed by atoms with Crippen molar-refractivity contribution in [1.82, 2.24) is 5.32 Å². The van der Waals surface area contributed by atoms with Gasteiger partial charge in [-0.25, -0.2) is 0 Å². The summed E-state index contributed by atoms with van der Waals surface area (Å²) in [5, 5.41) is 3.66. The molecule has 0 spiro atoms. The third kappa shape index (κ3) is 4.60. The van der Waals surface area contributed by atoms with Gasteiger partial charge in [0, 0.05) is 13.2 Å². The number of hydrogen-bond donors (Lipinski definition) is 1. The van der Waals surface area contributed by atoms with Crippen LogP contribution in [0.15, 0.2) is 24.3 Å². The van der Waals surface area contributed by atoms with Gasteiger partial charge < -0.3 is 10.1 Å². The van der Waals surface area contributed by atoms with Crippen LogP contribution in [0.3, 0.4) is 0 Å². The lowest BCUT2D eigenvalue weighted by atomic mass is 9.88. The van der Waals surface area contributed by atoms with E-state index in [0.717, 1.165) is 32.2 Å². The first kappa shape index (κ1) is 17.2. The first-order valence-corrected chi connectivity index (χ1v) is 7.95. The maximum Gasteiger partial charge on any atom is 0.0803 e. The van der Waals surface area contributed by atoms with Crippen LogP contribution in [0.2, 0.25) is 0 Å². The van der Waals surface area contributed by atoms with E-state index in [1.54, 1.807) is 0 Å². The Morgan fingerprint density at radius 2 is 1.70 bits per heavy atom. The van der Waals surface area contributed by atoms with E-state index in [9.17, 15) is 0 Å². The van der Waals surface area contributed by atoms with E-state index in [-0.39, 0.29) is 5.60 Å². The monoisotopic (exact) mass is 277 g/mol. The van der Waals surface area contributed by atoms with Crippen LogP contribution in [0.25, 0.3) is 0 Å². The molecule has 0 saturated heterocycles. The molecule has 1 rings (SSSR count). The maximum absolute atomic E-state index is 5.80. The molecule has 0 aromatic heterocycles. The van der Waals surface area contributed by atoms with Crippen molar-refractivity contribution in [3.63, 3.8) is 0 Å². The van der Waals surface area contributed by atoms with Crippen LogP contribution in [0.4, 0.5) is 0 Å². The maximum atomic E-state index is 5.80. The summed E-state index contributed by atoms with van der Waals surface area (Å²) >= 11 is 0. The van der Waals surface area contributed by atoms with E-state index in [2.05, 4.69) is 57.3 Å². The minimum absolute atomic E-state index is 0.113. The minimum atomic E-state index is -0.113. The minimum Gasteiger partial charge on any atom is -0.377 e. The average Bonchev–Trinajstić information content (AvgIpc) is 2.51. The van der Waals surface area contributed by atoms with Gasteiger partial charge in [0.05, 0.1) is 5.60 Å². The summed E-state index contributed by atoms with van der Waals surface area (Å²) in [6.45, 7) is 9.84. The number of methoxy groups -OCH3 is 1. The smallest absolute Gasteiger partial charge is 0.0803 e. The molecule has 0 fully saturated rings. The van der Waals surface area contributed by atoms with E-state index in [1.165, 1.54) is 11.1 Å². The van der Waals surface area contributed by atoms with E-state index in [1.807, 2.05) is 7.11 Å². The SMILES string of the molecule is CCCNC(Cc1ccc(CC)cc1)C(C)(CC)OC. The Morgan fingerprint density at radius 1 is 1.10 bits per heavy atom. The molecular weight excluding hydrogens is 246 g/mol. The number of rotatable bonds is 9. The van der Waals surface area contributed by atoms with Crippen molar-refractivity contribution in [2.75, 3.05) is 13.7 Å². The van der Waals surface area contributed by atoms with Gasteiger partial charge in [0.2, 0.25) is 0 Å². The van der Waals surface area contributed by atoms with Gasteiger partial charge in [-0.3, -0.25) is 0 Å². The molecule has 1 aromatic carbocycles. The highest BCUT2D eigenvalue weighted by Gasteiger charge is 2.32. The molecule has 0 aliphatic carbocycles. The van der Waals surface area contributed by atoms with Crippen molar-refractivity contribution in [2.24, 2.45) is 0 Å². The number of nitrogens with one attached hydrogen (secondary N) is 1. The van der Waals surface area contributed by atoms with Gasteiger partial charge in [-0.15, -0.1) is 0 Å². The van der Waals surface area contributed by atoms with Crippen LogP contribution >= 0.6 is 0 Å². The number of hydrogen-bond acceptors (Lipinski definition) is 2. The zero-order chi connectivity index (χ0) is 15.0. The highest BCUT2D eigenvalue weighted by Crippen LogP contribution is 2.22. The molecule has 0 saturated carbocycles. The van der Waals surface area contributed by atoms with Crippen LogP contribution in [0.5, 0.6) is 0 Å². The summed E-state index contributed by atoms with van der Waals surface area (Å²) in [6, 6.07) is 9.34. The first-order chi connectivity index (χ1) is 9.59. The third-order valence-electron chi connectivity index (χ3n) is 4.42. The van der Waals surface area contributed by atoms with Crippen molar-refractivity contribution in [2.45, 2.75) is 65.0 Å². The van der Waals surface area contributed by atoms with E-state index in [0.29, 0.717) is 6.04 Å². The molecule has 0 amide bonds. The standard InChI is InChI=1S/C18H31NO/c1-6-13-19-17(18(4,8-3)20-5)14-16-11-9-15(7-2)10-12-16/h9-12,17,19H,6-8,13-14H2,1-5H3. The van der Waals surface area contributed by atoms with Gasteiger partial charge in [-0.1, -0.05) is 45.0 Å². The van der Waals surface area contributed by atoms with Gasteiger partial charge in [0.25, 0.3) is 0 Å². The lowest BCUT2D eigenvalue weighted by Gasteiger charge is -2.36. The molecule has 2 atom stereocenters. The molecule has 0 radical (unpaired) electrons. The van der Waals surface area contributed by atoms with Crippen LogP contribution in [0.1, 0.15) is 51.7 Å². The highest BCUT2D eigenvalue weighted by molar-refractivity contribution is 5.23. The lowest BCUT2D eigenvalue weighted by Crippen LogP contribution is -2.51. The number of aryl methyl sites for hydroxylation is 1. The Morgan fingerprint density at radius 3 is 2.15 bits per heavy atom. The molecule has 2 unspecified atom stereocenters. The van der Waals surface area contributed by atoms with Gasteiger partial charge in [0.15, 0.2) is 0 Å². The van der Waals surface area contributed by atoms with E-state index in [4.69, 9.17) is 4.74 Å². The summed E-state index contributed by atoms with van der Waals surface area (Å²) in [7, 11) is 1.82. The largest absolute Gasteiger partial charge is 0.377 e. The topological polar surface area (TPSA) is 21.3 Å². The van der Waals surface area contributed by atoms with Crippen molar-refractivity contribution in [1.29, 1.82) is 0 Å². The zero-order valence-electron chi connectivity index (χ0n) is 13.8. The van der Waals surface area contributed by atoms with Gasteiger partial charge >= 0.3 is 0 Å². The van der Waals surface area contributed by atoms with Gasteiger partial charge in [-0.2, -0.15) is 0 Å². The highest BCUT2D eigenvalue weighted by atomic mass is 16.5. The fourth-order valence-corrected chi connectivity index (χ4v) is 2.50. The second-order valence-corrected chi connectivity index (χ2v) is 5.75. The molecule has 0 aliphatic rings. The van der Waals surface area contributed by atoms with E-state index >= 15 is 0 Å². The quantitative estimate of drug-likeness (QED) is 0.737. The third-order valence-corrected chi connectivity index (χ3v) is 4.42. The summed E-state index contributed by atoms with van der Waals surface area (Å²) in [4.78, 5) is 0. The van der Waals surface area contributed by atoms with Crippen LogP contribution in [-0.4, -0.2) is 25.3 Å². The molecule has 0 bridgehead atoms. The van der Waals surface area contributed by atoms with Crippen molar-refractivity contribution in [3.8, 4) is 0 Å². The average molecular weight is 277 g/mol. The second kappa shape index (κ2) is 8.43. The fourth-order valence-electron chi connectivity index (χ4n) is 2.50. The Hall–Kier alpha value is -0.860. The van der Waals surface area contributed by atoms with Crippen LogP contribution in [-0.2, 0) is 17.6 Å². The molecule has 2 heteroatoms. The number of ether oxygens (including phenoxy) is 1. The van der Waals surface area contributed by atoms with Crippen molar-refractivity contribution in [3.05, 3.63) is 35.4 Å². The molecule has 114 valence electrons. The first-order valence-electron chi connectivity index (χ1n) is 7.95. The van der Waals surface area contributed by atoms with Crippen LogP contribution in [0, 0.1) is 0 Å². The second-order valence-electron chi connectivity index (χ2n) is 5.75. The lowest BCUT2D eigenvalue weighted by molar-refractivity contribution is -0.0287. The molecule has 20 heavy (non-hydrogen) atoms. The number of benzene rings is 1. The zero-order valence-corrected chi connectivity index (χ0v) is 13.8. The summed E-state index contributed by atoms with van der Waals surface area (Å²) in [6.07, 6.45) is 4.28. The Balaban J connectivity index is 2.82. The Bertz CT molecular complexity index is 368. The fraction of sp³-hybridized carbons (Fsp3) is 0.667. The summed E-state index contributed by atoms with van der Waals surface area (Å²) in [5.74, 6) is 0. The molecule has 1 N–H and O–H groups in total. The summed E-state index contributed by atoms with van der Waals surface area (Å²) in [5.41, 5.74) is 2.67. The Kier molecular flexibility index (Phi) is 7.25. The molecule has 0 heterocycles. The predicted molar refractivity (Wildman–Crippen MR) is 87.3 cm³/mol. The Labute approximate surface area is 124 Å². The molecule has 2 nitrogen and oxygen atoms in total. The normalized spacial score (nSPS) is 15.8. The van der Waals surface area contributed by atoms with Crippen molar-refractivity contribution < 1.29 is 4.74 Å². The molecular formula is C18H31NO. The van der Waals surface area contributed by atoms with Crippen molar-refractivity contribution >= 4 is 0 Å². The van der Waals surface area contributed by atoms with E-state index < -0.39 is 0 Å². The van der Waals surface area contributed by atoms with Crippen LogP contribution < -0.4 is 5.32 Å². The van der Waals surface area contributed by atoms with Gasteiger partial charge in [-0.05, 0) is 50.3 Å². The van der Waals surface area contributed by atoms with Gasteiger partial charge in [0.1, 0.15) is 0 Å².